The molecule has 0 radical (unpaired) electrons. The minimum absolute atomic E-state index is 0.120. The average molecular weight is 297 g/mol. The fourth-order valence-electron chi connectivity index (χ4n) is 2.65. The fraction of sp³-hybridized carbons (Fsp3) is 0.222. The van der Waals surface area contributed by atoms with E-state index < -0.39 is 0 Å². The zero-order valence-corrected chi connectivity index (χ0v) is 12.9. The van der Waals surface area contributed by atoms with Gasteiger partial charge in [0.1, 0.15) is 5.75 Å². The second-order valence-corrected chi connectivity index (χ2v) is 6.19. The Morgan fingerprint density at radius 2 is 1.95 bits per heavy atom. The van der Waals surface area contributed by atoms with Crippen LogP contribution in [0.15, 0.2) is 53.9 Å². The highest BCUT2D eigenvalue weighted by atomic mass is 32.1. The SMILES string of the molecule is COc1cccc(CC(N)Cc2csc3ccccc23)c1. The van der Waals surface area contributed by atoms with Gasteiger partial charge in [-0.1, -0.05) is 30.3 Å². The smallest absolute Gasteiger partial charge is 0.119 e. The minimum Gasteiger partial charge on any atom is -0.497 e. The quantitative estimate of drug-likeness (QED) is 0.772. The second-order valence-electron chi connectivity index (χ2n) is 5.28. The molecule has 1 atom stereocenters. The minimum atomic E-state index is 0.120. The van der Waals surface area contributed by atoms with E-state index in [1.165, 1.54) is 21.2 Å². The Kier molecular flexibility index (Phi) is 4.23. The fourth-order valence-corrected chi connectivity index (χ4v) is 3.62. The first-order chi connectivity index (χ1) is 10.3. The molecule has 1 aromatic heterocycles. The third-order valence-electron chi connectivity index (χ3n) is 3.68. The van der Waals surface area contributed by atoms with Crippen LogP contribution in [0.2, 0.25) is 0 Å². The zero-order valence-electron chi connectivity index (χ0n) is 12.1. The highest BCUT2D eigenvalue weighted by Crippen LogP contribution is 2.26. The summed E-state index contributed by atoms with van der Waals surface area (Å²) in [6.07, 6.45) is 1.77. The van der Waals surface area contributed by atoms with Crippen LogP contribution in [0.4, 0.5) is 0 Å². The molecule has 0 spiro atoms. The summed E-state index contributed by atoms with van der Waals surface area (Å²) in [6.45, 7) is 0. The van der Waals surface area contributed by atoms with Gasteiger partial charge in [0.2, 0.25) is 0 Å². The number of ether oxygens (including phenoxy) is 1. The van der Waals surface area contributed by atoms with Crippen molar-refractivity contribution in [2.24, 2.45) is 5.73 Å². The molecule has 21 heavy (non-hydrogen) atoms. The number of nitrogens with two attached hydrogens (primary N) is 1. The van der Waals surface area contributed by atoms with E-state index in [0.29, 0.717) is 0 Å². The standard InChI is InChI=1S/C18H19NOS/c1-20-16-6-4-5-13(10-16)9-15(19)11-14-12-21-18-8-3-2-7-17(14)18/h2-8,10,12,15H,9,11,19H2,1H3. The molecule has 1 unspecified atom stereocenters. The van der Waals surface area contributed by atoms with Crippen LogP contribution in [0, 0.1) is 0 Å². The number of fused-ring (bicyclic) bond motifs is 1. The van der Waals surface area contributed by atoms with Crippen molar-refractivity contribution in [3.63, 3.8) is 0 Å². The van der Waals surface area contributed by atoms with Gasteiger partial charge in [0.15, 0.2) is 0 Å². The maximum absolute atomic E-state index is 6.34. The summed E-state index contributed by atoms with van der Waals surface area (Å²) in [5.74, 6) is 0.890. The number of hydrogen-bond donors (Lipinski definition) is 1. The molecule has 3 aromatic rings. The molecular formula is C18H19NOS. The van der Waals surface area contributed by atoms with Gasteiger partial charge in [0, 0.05) is 10.7 Å². The molecule has 0 aliphatic carbocycles. The molecular weight excluding hydrogens is 278 g/mol. The lowest BCUT2D eigenvalue weighted by Crippen LogP contribution is -2.25. The molecule has 0 aliphatic rings. The number of benzene rings is 2. The summed E-state index contributed by atoms with van der Waals surface area (Å²) < 4.78 is 6.60. The van der Waals surface area contributed by atoms with E-state index in [1.807, 2.05) is 12.1 Å². The molecule has 0 bridgehead atoms. The van der Waals surface area contributed by atoms with Crippen molar-refractivity contribution < 1.29 is 4.74 Å². The van der Waals surface area contributed by atoms with Crippen molar-refractivity contribution in [1.29, 1.82) is 0 Å². The van der Waals surface area contributed by atoms with Gasteiger partial charge >= 0.3 is 0 Å². The van der Waals surface area contributed by atoms with E-state index in [9.17, 15) is 0 Å². The summed E-state index contributed by atoms with van der Waals surface area (Å²) in [5.41, 5.74) is 8.92. The van der Waals surface area contributed by atoms with E-state index in [2.05, 4.69) is 41.8 Å². The van der Waals surface area contributed by atoms with Crippen molar-refractivity contribution in [2.45, 2.75) is 18.9 Å². The maximum atomic E-state index is 6.34. The number of thiophene rings is 1. The highest BCUT2D eigenvalue weighted by molar-refractivity contribution is 7.17. The predicted octanol–water partition coefficient (Wildman–Crippen LogP) is 4.02. The van der Waals surface area contributed by atoms with Crippen molar-refractivity contribution in [1.82, 2.24) is 0 Å². The Labute approximate surface area is 129 Å². The van der Waals surface area contributed by atoms with E-state index in [1.54, 1.807) is 18.4 Å². The van der Waals surface area contributed by atoms with Gasteiger partial charge in [-0.2, -0.15) is 0 Å². The largest absolute Gasteiger partial charge is 0.497 e. The van der Waals surface area contributed by atoms with Crippen LogP contribution in [0.3, 0.4) is 0 Å². The topological polar surface area (TPSA) is 35.2 Å². The van der Waals surface area contributed by atoms with Crippen LogP contribution in [0.5, 0.6) is 5.75 Å². The number of hydrogen-bond acceptors (Lipinski definition) is 3. The Balaban J connectivity index is 1.72. The van der Waals surface area contributed by atoms with Crippen LogP contribution in [-0.2, 0) is 12.8 Å². The van der Waals surface area contributed by atoms with Crippen LogP contribution in [0.25, 0.3) is 10.1 Å². The summed E-state index contributed by atoms with van der Waals surface area (Å²) in [7, 11) is 1.69. The van der Waals surface area contributed by atoms with Gasteiger partial charge in [-0.05, 0) is 52.9 Å². The molecule has 108 valence electrons. The molecule has 3 heteroatoms. The zero-order chi connectivity index (χ0) is 14.7. The molecule has 1 heterocycles. The third kappa shape index (κ3) is 3.26. The van der Waals surface area contributed by atoms with Crippen LogP contribution >= 0.6 is 11.3 Å². The Morgan fingerprint density at radius 1 is 1.10 bits per heavy atom. The Hall–Kier alpha value is -1.84. The van der Waals surface area contributed by atoms with Gasteiger partial charge in [-0.15, -0.1) is 11.3 Å². The highest BCUT2D eigenvalue weighted by Gasteiger charge is 2.10. The number of methoxy groups -OCH3 is 1. The van der Waals surface area contributed by atoms with Crippen molar-refractivity contribution in [2.75, 3.05) is 7.11 Å². The van der Waals surface area contributed by atoms with Gasteiger partial charge in [0.25, 0.3) is 0 Å². The Bertz CT molecular complexity index is 735. The predicted molar refractivity (Wildman–Crippen MR) is 90.2 cm³/mol. The molecule has 0 amide bonds. The van der Waals surface area contributed by atoms with Crippen molar-refractivity contribution in [3.05, 3.63) is 65.0 Å². The lowest BCUT2D eigenvalue weighted by Gasteiger charge is -2.12. The molecule has 0 saturated carbocycles. The summed E-state index contributed by atoms with van der Waals surface area (Å²) in [6, 6.07) is 16.8. The Morgan fingerprint density at radius 3 is 2.81 bits per heavy atom. The lowest BCUT2D eigenvalue weighted by atomic mass is 9.99. The summed E-state index contributed by atoms with van der Waals surface area (Å²) in [5, 5.41) is 3.57. The maximum Gasteiger partial charge on any atom is 0.119 e. The van der Waals surface area contributed by atoms with Gasteiger partial charge in [0.05, 0.1) is 7.11 Å². The first-order valence-electron chi connectivity index (χ1n) is 7.10. The third-order valence-corrected chi connectivity index (χ3v) is 4.69. The number of rotatable bonds is 5. The van der Waals surface area contributed by atoms with E-state index in [-0.39, 0.29) is 6.04 Å². The lowest BCUT2D eigenvalue weighted by molar-refractivity contribution is 0.414. The second kappa shape index (κ2) is 6.29. The van der Waals surface area contributed by atoms with Crippen LogP contribution in [-0.4, -0.2) is 13.2 Å². The molecule has 2 nitrogen and oxygen atoms in total. The van der Waals surface area contributed by atoms with E-state index >= 15 is 0 Å². The molecule has 0 aliphatic heterocycles. The van der Waals surface area contributed by atoms with Crippen LogP contribution < -0.4 is 10.5 Å². The summed E-state index contributed by atoms with van der Waals surface area (Å²) >= 11 is 1.79. The first-order valence-corrected chi connectivity index (χ1v) is 7.98. The van der Waals surface area contributed by atoms with Gasteiger partial charge in [-0.3, -0.25) is 0 Å². The van der Waals surface area contributed by atoms with Gasteiger partial charge in [-0.25, -0.2) is 0 Å². The molecule has 2 N–H and O–H groups in total. The van der Waals surface area contributed by atoms with E-state index in [4.69, 9.17) is 10.5 Å². The molecule has 3 rings (SSSR count). The monoisotopic (exact) mass is 297 g/mol. The van der Waals surface area contributed by atoms with Crippen LogP contribution in [0.1, 0.15) is 11.1 Å². The molecule has 0 saturated heterocycles. The summed E-state index contributed by atoms with van der Waals surface area (Å²) in [4.78, 5) is 0. The molecule has 2 aromatic carbocycles. The van der Waals surface area contributed by atoms with Gasteiger partial charge < -0.3 is 10.5 Å². The van der Waals surface area contributed by atoms with E-state index in [0.717, 1.165) is 18.6 Å². The first kappa shape index (κ1) is 14.1. The average Bonchev–Trinajstić information content (AvgIpc) is 2.91. The van der Waals surface area contributed by atoms with Crippen molar-refractivity contribution in [3.8, 4) is 5.75 Å². The normalized spacial score (nSPS) is 12.5. The van der Waals surface area contributed by atoms with Crippen molar-refractivity contribution >= 4 is 21.4 Å². The molecule has 0 fully saturated rings.